The van der Waals surface area contributed by atoms with E-state index in [1.165, 1.54) is 17.1 Å². The highest BCUT2D eigenvalue weighted by molar-refractivity contribution is 7.86. The molecule has 7 nitrogen and oxygen atoms in total. The summed E-state index contributed by atoms with van der Waals surface area (Å²) in [6.45, 7) is 1.76. The van der Waals surface area contributed by atoms with Crippen LogP contribution in [0.2, 0.25) is 0 Å². The lowest BCUT2D eigenvalue weighted by molar-refractivity contribution is -0.131. The molecule has 19 heavy (non-hydrogen) atoms. The average Bonchev–Trinajstić information content (AvgIpc) is 2.88. The predicted molar refractivity (Wildman–Crippen MR) is 71.5 cm³/mol. The molecule has 0 radical (unpaired) electrons. The number of hydrogen-bond donors (Lipinski definition) is 2. The van der Waals surface area contributed by atoms with Crippen LogP contribution in [-0.4, -0.2) is 62.3 Å². The van der Waals surface area contributed by atoms with E-state index in [0.29, 0.717) is 25.7 Å². The highest BCUT2D eigenvalue weighted by atomic mass is 32.2. The number of carbonyl (C=O) groups is 1. The van der Waals surface area contributed by atoms with Gasteiger partial charge in [0.15, 0.2) is 0 Å². The van der Waals surface area contributed by atoms with Gasteiger partial charge in [-0.3, -0.25) is 4.79 Å². The molecule has 0 unspecified atom stereocenters. The first-order valence-corrected chi connectivity index (χ1v) is 8.26. The fourth-order valence-electron chi connectivity index (χ4n) is 2.67. The van der Waals surface area contributed by atoms with Crippen molar-refractivity contribution in [1.82, 2.24) is 14.5 Å². The molecule has 1 aliphatic carbocycles. The molecule has 0 bridgehead atoms. The summed E-state index contributed by atoms with van der Waals surface area (Å²) in [4.78, 5) is 13.7. The molecule has 3 N–H and O–H groups in total. The number of nitrogens with two attached hydrogens (primary N) is 1. The van der Waals surface area contributed by atoms with Crippen molar-refractivity contribution in [2.45, 2.75) is 31.7 Å². The fraction of sp³-hybridized carbons (Fsp3) is 0.909. The summed E-state index contributed by atoms with van der Waals surface area (Å²) < 4.78 is 23.5. The molecule has 2 aliphatic rings. The zero-order valence-corrected chi connectivity index (χ0v) is 11.9. The molecule has 1 aliphatic heterocycles. The molecule has 1 heterocycles. The summed E-state index contributed by atoms with van der Waals surface area (Å²) in [5, 5.41) is 8.33. The molecule has 0 aromatic heterocycles. The van der Waals surface area contributed by atoms with Crippen molar-refractivity contribution in [2.24, 2.45) is 5.14 Å². The minimum Gasteiger partial charge on any atom is -0.339 e. The molecule has 0 aromatic carbocycles. The predicted octanol–water partition coefficient (Wildman–Crippen LogP) is -1.13. The van der Waals surface area contributed by atoms with E-state index in [2.05, 4.69) is 5.32 Å². The second-order valence-electron chi connectivity index (χ2n) is 5.19. The largest absolute Gasteiger partial charge is 0.339 e. The van der Waals surface area contributed by atoms with Crippen molar-refractivity contribution in [1.29, 1.82) is 0 Å². The van der Waals surface area contributed by atoms with Crippen molar-refractivity contribution in [3.05, 3.63) is 0 Å². The van der Waals surface area contributed by atoms with Crippen molar-refractivity contribution in [2.75, 3.05) is 32.7 Å². The van der Waals surface area contributed by atoms with Gasteiger partial charge in [-0.2, -0.15) is 12.7 Å². The Labute approximate surface area is 114 Å². The Morgan fingerprint density at radius 3 is 2.26 bits per heavy atom. The monoisotopic (exact) mass is 290 g/mol. The second-order valence-corrected chi connectivity index (χ2v) is 6.73. The van der Waals surface area contributed by atoms with Gasteiger partial charge in [-0.05, 0) is 12.8 Å². The van der Waals surface area contributed by atoms with Gasteiger partial charge < -0.3 is 10.2 Å². The Bertz CT molecular complexity index is 412. The lowest BCUT2D eigenvalue weighted by Gasteiger charge is -2.33. The fourth-order valence-corrected chi connectivity index (χ4v) is 3.34. The zero-order valence-electron chi connectivity index (χ0n) is 11.0. The standard InChI is InChI=1S/C11H22N4O3S/c12-19(17,18)15-7-5-14(6-8-15)11(16)9-13-10-3-1-2-4-10/h10,13H,1-9H2,(H2,12,17,18). The van der Waals surface area contributed by atoms with Crippen LogP contribution < -0.4 is 10.5 Å². The molecule has 0 atom stereocenters. The van der Waals surface area contributed by atoms with Crippen molar-refractivity contribution < 1.29 is 13.2 Å². The number of nitrogens with zero attached hydrogens (tertiary/aromatic N) is 2. The third-order valence-corrected chi connectivity index (χ3v) is 4.93. The molecule has 2 fully saturated rings. The van der Waals surface area contributed by atoms with Gasteiger partial charge in [0.1, 0.15) is 0 Å². The number of amides is 1. The molecule has 1 saturated carbocycles. The van der Waals surface area contributed by atoms with Crippen LogP contribution in [0.25, 0.3) is 0 Å². The van der Waals surface area contributed by atoms with Gasteiger partial charge in [0, 0.05) is 32.2 Å². The molecular formula is C11H22N4O3S. The first-order valence-electron chi connectivity index (χ1n) is 6.76. The number of nitrogens with one attached hydrogen (secondary N) is 1. The van der Waals surface area contributed by atoms with E-state index < -0.39 is 10.2 Å². The third-order valence-electron chi connectivity index (χ3n) is 3.85. The van der Waals surface area contributed by atoms with E-state index >= 15 is 0 Å². The summed E-state index contributed by atoms with van der Waals surface area (Å²) >= 11 is 0. The van der Waals surface area contributed by atoms with Crippen LogP contribution in [0.5, 0.6) is 0 Å². The second kappa shape index (κ2) is 6.17. The Hall–Kier alpha value is -0.700. The SMILES string of the molecule is NS(=O)(=O)N1CCN(C(=O)CNC2CCCC2)CC1. The van der Waals surface area contributed by atoms with Gasteiger partial charge in [-0.15, -0.1) is 0 Å². The van der Waals surface area contributed by atoms with Gasteiger partial charge in [-0.1, -0.05) is 12.8 Å². The molecule has 110 valence electrons. The van der Waals surface area contributed by atoms with Crippen LogP contribution in [0.1, 0.15) is 25.7 Å². The number of piperazine rings is 1. The van der Waals surface area contributed by atoms with Crippen LogP contribution in [0.3, 0.4) is 0 Å². The number of hydrogen-bond acceptors (Lipinski definition) is 4. The zero-order chi connectivity index (χ0) is 13.9. The number of rotatable bonds is 4. The Morgan fingerprint density at radius 1 is 1.16 bits per heavy atom. The van der Waals surface area contributed by atoms with Gasteiger partial charge >= 0.3 is 0 Å². The first kappa shape index (κ1) is 14.7. The summed E-state index contributed by atoms with van der Waals surface area (Å²) in [7, 11) is -3.62. The van der Waals surface area contributed by atoms with Crippen molar-refractivity contribution in [3.63, 3.8) is 0 Å². The lowest BCUT2D eigenvalue weighted by atomic mass is 10.2. The Kier molecular flexibility index (Phi) is 4.77. The quantitative estimate of drug-likeness (QED) is 0.684. The van der Waals surface area contributed by atoms with Crippen LogP contribution in [0.15, 0.2) is 0 Å². The van der Waals surface area contributed by atoms with Gasteiger partial charge in [-0.25, -0.2) is 5.14 Å². The molecule has 0 aromatic rings. The lowest BCUT2D eigenvalue weighted by Crippen LogP contribution is -2.54. The van der Waals surface area contributed by atoms with Crippen molar-refractivity contribution in [3.8, 4) is 0 Å². The Morgan fingerprint density at radius 2 is 1.74 bits per heavy atom. The van der Waals surface area contributed by atoms with E-state index in [1.54, 1.807) is 4.90 Å². The number of carbonyl (C=O) groups excluding carboxylic acids is 1. The van der Waals surface area contributed by atoms with Gasteiger partial charge in [0.2, 0.25) is 5.91 Å². The minimum absolute atomic E-state index is 0.0426. The Balaban J connectivity index is 1.73. The maximum absolute atomic E-state index is 12.0. The highest BCUT2D eigenvalue weighted by Gasteiger charge is 2.26. The molecule has 1 amide bonds. The van der Waals surface area contributed by atoms with Crippen LogP contribution in [0, 0.1) is 0 Å². The molecule has 1 saturated heterocycles. The molecular weight excluding hydrogens is 268 g/mol. The van der Waals surface area contributed by atoms with E-state index in [1.807, 2.05) is 0 Å². The van der Waals surface area contributed by atoms with E-state index in [0.717, 1.165) is 12.8 Å². The first-order chi connectivity index (χ1) is 8.97. The molecule has 0 spiro atoms. The van der Waals surface area contributed by atoms with Gasteiger partial charge in [0.25, 0.3) is 10.2 Å². The minimum atomic E-state index is -3.62. The summed E-state index contributed by atoms with van der Waals surface area (Å²) in [6.07, 6.45) is 4.76. The smallest absolute Gasteiger partial charge is 0.277 e. The summed E-state index contributed by atoms with van der Waals surface area (Å²) in [6, 6.07) is 0.467. The van der Waals surface area contributed by atoms with Crippen LogP contribution in [-0.2, 0) is 15.0 Å². The maximum atomic E-state index is 12.0. The average molecular weight is 290 g/mol. The van der Waals surface area contributed by atoms with Gasteiger partial charge in [0.05, 0.1) is 6.54 Å². The van der Waals surface area contributed by atoms with E-state index in [4.69, 9.17) is 5.14 Å². The van der Waals surface area contributed by atoms with E-state index in [-0.39, 0.29) is 19.0 Å². The molecule has 8 heteroatoms. The normalized spacial score (nSPS) is 22.9. The summed E-state index contributed by atoms with van der Waals surface area (Å²) in [5.74, 6) is 0.0426. The third kappa shape index (κ3) is 4.13. The summed E-state index contributed by atoms with van der Waals surface area (Å²) in [5.41, 5.74) is 0. The maximum Gasteiger partial charge on any atom is 0.277 e. The molecule has 2 rings (SSSR count). The van der Waals surface area contributed by atoms with Crippen molar-refractivity contribution >= 4 is 16.1 Å². The van der Waals surface area contributed by atoms with E-state index in [9.17, 15) is 13.2 Å². The topological polar surface area (TPSA) is 95.7 Å². The van der Waals surface area contributed by atoms with Crippen LogP contribution in [0.4, 0.5) is 0 Å². The van der Waals surface area contributed by atoms with Crippen LogP contribution >= 0.6 is 0 Å². The highest BCUT2D eigenvalue weighted by Crippen LogP contribution is 2.17.